The van der Waals surface area contributed by atoms with Crippen LogP contribution in [0.3, 0.4) is 0 Å². The maximum Gasteiger partial charge on any atom is 0.223 e. The molecule has 0 saturated heterocycles. The molecule has 2 atom stereocenters. The van der Waals surface area contributed by atoms with Gasteiger partial charge >= 0.3 is 0 Å². The Morgan fingerprint density at radius 2 is 2.00 bits per heavy atom. The Bertz CT molecular complexity index is 571. The van der Waals surface area contributed by atoms with E-state index < -0.39 is 10.0 Å². The monoisotopic (exact) mass is 346 g/mol. The molecule has 1 fully saturated rings. The molecular weight excluding hydrogens is 332 g/mol. The zero-order valence-corrected chi connectivity index (χ0v) is 12.6. The van der Waals surface area contributed by atoms with Crippen molar-refractivity contribution in [1.82, 2.24) is 5.32 Å². The molecule has 104 valence electrons. The molecule has 1 saturated carbocycles. The van der Waals surface area contributed by atoms with Gasteiger partial charge in [0.25, 0.3) is 0 Å². The number of sulfonamides is 1. The molecular formula is C12H15BrN2O3S. The second-order valence-corrected chi connectivity index (χ2v) is 7.31. The number of hydrogen-bond donors (Lipinski definition) is 2. The highest BCUT2D eigenvalue weighted by molar-refractivity contribution is 9.10. The van der Waals surface area contributed by atoms with E-state index in [1.807, 2.05) is 24.3 Å². The van der Waals surface area contributed by atoms with Gasteiger partial charge in [0.05, 0.1) is 5.75 Å². The van der Waals surface area contributed by atoms with Gasteiger partial charge in [0.2, 0.25) is 15.9 Å². The van der Waals surface area contributed by atoms with Crippen LogP contribution in [0.25, 0.3) is 0 Å². The fraction of sp³-hybridized carbons (Fsp3) is 0.417. The second kappa shape index (κ2) is 5.60. The lowest BCUT2D eigenvalue weighted by Gasteiger charge is -2.04. The minimum absolute atomic E-state index is 0.0540. The first-order valence-corrected chi connectivity index (χ1v) is 8.41. The molecule has 2 rings (SSSR count). The molecule has 19 heavy (non-hydrogen) atoms. The number of rotatable bonds is 5. The molecule has 3 N–H and O–H groups in total. The average Bonchev–Trinajstić information content (AvgIpc) is 3.08. The summed E-state index contributed by atoms with van der Waals surface area (Å²) in [5.41, 5.74) is 1.13. The maximum atomic E-state index is 11.8. The fourth-order valence-corrected chi connectivity index (χ4v) is 2.66. The Morgan fingerprint density at radius 1 is 1.37 bits per heavy atom. The molecule has 1 aliphatic rings. The molecule has 1 aromatic carbocycles. The third-order valence-corrected chi connectivity index (χ3v) is 4.41. The summed E-state index contributed by atoms with van der Waals surface area (Å²) in [6.45, 7) is 0.0707. The summed E-state index contributed by atoms with van der Waals surface area (Å²) in [7, 11) is -3.52. The van der Waals surface area contributed by atoms with Crippen molar-refractivity contribution in [2.45, 2.75) is 12.3 Å². The molecule has 0 radical (unpaired) electrons. The Hall–Kier alpha value is -0.920. The minimum atomic E-state index is -3.52. The van der Waals surface area contributed by atoms with Crippen molar-refractivity contribution in [2.24, 2.45) is 11.1 Å². The molecule has 0 aromatic heterocycles. The van der Waals surface area contributed by atoms with E-state index in [1.165, 1.54) is 0 Å². The SMILES string of the molecule is NS(=O)(=O)CCNC(=O)[C@@H]1C[C@H]1c1ccc(Br)cc1. The molecule has 0 aliphatic heterocycles. The van der Waals surface area contributed by atoms with E-state index >= 15 is 0 Å². The topological polar surface area (TPSA) is 89.3 Å². The van der Waals surface area contributed by atoms with Crippen molar-refractivity contribution in [1.29, 1.82) is 0 Å². The van der Waals surface area contributed by atoms with Gasteiger partial charge in [-0.3, -0.25) is 4.79 Å². The number of nitrogens with one attached hydrogen (secondary N) is 1. The maximum absolute atomic E-state index is 11.8. The van der Waals surface area contributed by atoms with Crippen molar-refractivity contribution in [3.63, 3.8) is 0 Å². The van der Waals surface area contributed by atoms with Crippen LogP contribution in [0.15, 0.2) is 28.7 Å². The summed E-state index contributed by atoms with van der Waals surface area (Å²) in [6.07, 6.45) is 0.808. The number of benzene rings is 1. The predicted molar refractivity (Wildman–Crippen MR) is 76.0 cm³/mol. The standard InChI is InChI=1S/C12H15BrN2O3S/c13-9-3-1-8(2-4-9)10-7-11(10)12(16)15-5-6-19(14,17)18/h1-4,10-11H,5-7H2,(H,15,16)(H2,14,17,18)/t10-,11+/m0/s1. The molecule has 0 bridgehead atoms. The Labute approximate surface area is 120 Å². The molecule has 7 heteroatoms. The van der Waals surface area contributed by atoms with Crippen LogP contribution in [-0.2, 0) is 14.8 Å². The average molecular weight is 347 g/mol. The number of hydrogen-bond acceptors (Lipinski definition) is 3. The van der Waals surface area contributed by atoms with E-state index in [-0.39, 0.29) is 30.0 Å². The lowest BCUT2D eigenvalue weighted by molar-refractivity contribution is -0.122. The molecule has 1 aliphatic carbocycles. The fourth-order valence-electron chi connectivity index (χ4n) is 2.01. The molecule has 0 spiro atoms. The largest absolute Gasteiger partial charge is 0.355 e. The first-order chi connectivity index (χ1) is 8.87. The number of halogens is 1. The van der Waals surface area contributed by atoms with Gasteiger partial charge in [-0.15, -0.1) is 0 Å². The molecule has 0 unspecified atom stereocenters. The van der Waals surface area contributed by atoms with E-state index in [4.69, 9.17) is 5.14 Å². The number of primary sulfonamides is 1. The summed E-state index contributed by atoms with van der Waals surface area (Å²) in [6, 6.07) is 7.88. The molecule has 0 heterocycles. The lowest BCUT2D eigenvalue weighted by atomic mass is 10.1. The van der Waals surface area contributed by atoms with Crippen molar-refractivity contribution < 1.29 is 13.2 Å². The van der Waals surface area contributed by atoms with Gasteiger partial charge < -0.3 is 5.32 Å². The molecule has 1 aromatic rings. The number of carbonyl (C=O) groups is 1. The van der Waals surface area contributed by atoms with Crippen molar-refractivity contribution in [3.8, 4) is 0 Å². The van der Waals surface area contributed by atoms with Crippen LogP contribution in [0.2, 0.25) is 0 Å². The van der Waals surface area contributed by atoms with Crippen LogP contribution in [-0.4, -0.2) is 26.6 Å². The van der Waals surface area contributed by atoms with E-state index in [2.05, 4.69) is 21.2 Å². The van der Waals surface area contributed by atoms with Crippen LogP contribution in [0.1, 0.15) is 17.9 Å². The number of nitrogens with two attached hydrogens (primary N) is 1. The van der Waals surface area contributed by atoms with Gasteiger partial charge in [-0.2, -0.15) is 0 Å². The van der Waals surface area contributed by atoms with Gasteiger partial charge in [0.15, 0.2) is 0 Å². The lowest BCUT2D eigenvalue weighted by Crippen LogP contribution is -2.32. The van der Waals surface area contributed by atoms with Gasteiger partial charge in [-0.05, 0) is 30.0 Å². The summed E-state index contributed by atoms with van der Waals surface area (Å²) in [4.78, 5) is 11.8. The van der Waals surface area contributed by atoms with Gasteiger partial charge in [0.1, 0.15) is 0 Å². The van der Waals surface area contributed by atoms with Crippen LogP contribution >= 0.6 is 15.9 Å². The Morgan fingerprint density at radius 3 is 2.58 bits per heavy atom. The van der Waals surface area contributed by atoms with Crippen LogP contribution in [0, 0.1) is 5.92 Å². The minimum Gasteiger partial charge on any atom is -0.355 e. The van der Waals surface area contributed by atoms with Gasteiger partial charge in [-0.1, -0.05) is 28.1 Å². The third-order valence-electron chi connectivity index (χ3n) is 3.11. The van der Waals surface area contributed by atoms with E-state index in [0.717, 1.165) is 16.5 Å². The van der Waals surface area contributed by atoms with E-state index in [9.17, 15) is 13.2 Å². The zero-order chi connectivity index (χ0) is 14.0. The zero-order valence-electron chi connectivity index (χ0n) is 10.2. The summed E-state index contributed by atoms with van der Waals surface area (Å²) < 4.78 is 22.5. The van der Waals surface area contributed by atoms with E-state index in [1.54, 1.807) is 0 Å². The molecule has 1 amide bonds. The van der Waals surface area contributed by atoms with Crippen molar-refractivity contribution in [2.75, 3.05) is 12.3 Å². The third kappa shape index (κ3) is 4.29. The quantitative estimate of drug-likeness (QED) is 0.831. The predicted octanol–water partition coefficient (Wildman–Crippen LogP) is 0.957. The smallest absolute Gasteiger partial charge is 0.223 e. The number of amides is 1. The van der Waals surface area contributed by atoms with Gasteiger partial charge in [-0.25, -0.2) is 13.6 Å². The first kappa shape index (κ1) is 14.5. The van der Waals surface area contributed by atoms with Crippen LogP contribution in [0.4, 0.5) is 0 Å². The first-order valence-electron chi connectivity index (χ1n) is 5.90. The Balaban J connectivity index is 1.82. The summed E-state index contributed by atoms with van der Waals surface area (Å²) in [5, 5.41) is 7.47. The highest BCUT2D eigenvalue weighted by Crippen LogP contribution is 2.47. The van der Waals surface area contributed by atoms with E-state index in [0.29, 0.717) is 0 Å². The molecule has 5 nitrogen and oxygen atoms in total. The summed E-state index contributed by atoms with van der Waals surface area (Å²) in [5.74, 6) is -0.144. The van der Waals surface area contributed by atoms with Gasteiger partial charge in [0, 0.05) is 16.9 Å². The number of carbonyl (C=O) groups excluding carboxylic acids is 1. The van der Waals surface area contributed by atoms with Crippen LogP contribution in [0.5, 0.6) is 0 Å². The van der Waals surface area contributed by atoms with Crippen LogP contribution < -0.4 is 10.5 Å². The second-order valence-electron chi connectivity index (χ2n) is 4.66. The highest BCUT2D eigenvalue weighted by Gasteiger charge is 2.43. The Kier molecular flexibility index (Phi) is 4.27. The highest BCUT2D eigenvalue weighted by atomic mass is 79.9. The van der Waals surface area contributed by atoms with Crippen molar-refractivity contribution in [3.05, 3.63) is 34.3 Å². The van der Waals surface area contributed by atoms with Crippen molar-refractivity contribution >= 4 is 31.9 Å². The normalized spacial score (nSPS) is 22.0. The summed E-state index contributed by atoms with van der Waals surface area (Å²) >= 11 is 3.36.